The van der Waals surface area contributed by atoms with Gasteiger partial charge in [-0.15, -0.1) is 0 Å². The van der Waals surface area contributed by atoms with E-state index in [1.165, 1.54) is 36.4 Å². The van der Waals surface area contributed by atoms with Crippen molar-refractivity contribution in [3.63, 3.8) is 0 Å². The van der Waals surface area contributed by atoms with Crippen LogP contribution in [0.1, 0.15) is 17.2 Å². The molecule has 0 aliphatic carbocycles. The van der Waals surface area contributed by atoms with Gasteiger partial charge in [0.1, 0.15) is 11.6 Å². The summed E-state index contributed by atoms with van der Waals surface area (Å²) in [6.45, 7) is 0.0449. The first-order valence-corrected chi connectivity index (χ1v) is 6.53. The van der Waals surface area contributed by atoms with Crippen LogP contribution in [0.15, 0.2) is 48.5 Å². The number of amides is 1. The van der Waals surface area contributed by atoms with E-state index in [4.69, 9.17) is 0 Å². The average Bonchev–Trinajstić information content (AvgIpc) is 2.45. The minimum absolute atomic E-state index is 0.0449. The predicted molar refractivity (Wildman–Crippen MR) is 76.2 cm³/mol. The molecule has 2 aromatic rings. The molecule has 1 atom stereocenters. The summed E-state index contributed by atoms with van der Waals surface area (Å²) in [5.74, 6) is -0.535. The van der Waals surface area contributed by atoms with Crippen molar-refractivity contribution in [2.24, 2.45) is 0 Å². The van der Waals surface area contributed by atoms with E-state index in [2.05, 4.69) is 5.32 Å². The predicted octanol–water partition coefficient (Wildman–Crippen LogP) is 1.92. The first-order valence-electron chi connectivity index (χ1n) is 6.53. The van der Waals surface area contributed by atoms with Crippen LogP contribution in [0.3, 0.4) is 0 Å². The Morgan fingerprint density at radius 2 is 1.90 bits per heavy atom. The maximum absolute atomic E-state index is 12.8. The highest BCUT2D eigenvalue weighted by Crippen LogP contribution is 2.13. The van der Waals surface area contributed by atoms with Crippen molar-refractivity contribution in [1.29, 1.82) is 0 Å². The number of benzene rings is 2. The number of aliphatic hydroxyl groups is 1. The molecular formula is C16H16FNO3. The molecule has 0 saturated heterocycles. The first kappa shape index (κ1) is 15.0. The molecule has 1 amide bonds. The number of halogens is 1. The molecule has 0 aliphatic heterocycles. The normalized spacial score (nSPS) is 11.9. The Kier molecular flexibility index (Phi) is 4.90. The average molecular weight is 289 g/mol. The molecule has 0 fully saturated rings. The van der Waals surface area contributed by atoms with E-state index in [1.807, 2.05) is 0 Å². The Bertz CT molecular complexity index is 613. The molecule has 1 unspecified atom stereocenters. The van der Waals surface area contributed by atoms with E-state index in [1.54, 1.807) is 12.1 Å². The zero-order valence-corrected chi connectivity index (χ0v) is 11.3. The van der Waals surface area contributed by atoms with Crippen LogP contribution in [0.5, 0.6) is 5.75 Å². The molecule has 0 aliphatic rings. The van der Waals surface area contributed by atoms with Crippen molar-refractivity contribution in [3.05, 3.63) is 65.5 Å². The van der Waals surface area contributed by atoms with Crippen LogP contribution >= 0.6 is 0 Å². The Labute approximate surface area is 121 Å². The number of carbonyl (C=O) groups is 1. The van der Waals surface area contributed by atoms with Gasteiger partial charge in [-0.3, -0.25) is 4.79 Å². The number of hydrogen-bond acceptors (Lipinski definition) is 3. The SMILES string of the molecule is O=C(Cc1cccc(O)c1)NCC(O)c1ccc(F)cc1. The zero-order valence-electron chi connectivity index (χ0n) is 11.3. The van der Waals surface area contributed by atoms with Gasteiger partial charge in [-0.25, -0.2) is 4.39 Å². The van der Waals surface area contributed by atoms with Crippen LogP contribution in [-0.4, -0.2) is 22.7 Å². The fraction of sp³-hybridized carbons (Fsp3) is 0.188. The molecule has 3 N–H and O–H groups in total. The molecule has 2 rings (SSSR count). The standard InChI is InChI=1S/C16H16FNO3/c17-13-6-4-12(5-7-13)15(20)10-18-16(21)9-11-2-1-3-14(19)8-11/h1-8,15,19-20H,9-10H2,(H,18,21). The van der Waals surface area contributed by atoms with Crippen molar-refractivity contribution in [3.8, 4) is 5.75 Å². The Hall–Kier alpha value is -2.40. The second-order valence-electron chi connectivity index (χ2n) is 4.72. The van der Waals surface area contributed by atoms with E-state index in [0.29, 0.717) is 11.1 Å². The molecule has 21 heavy (non-hydrogen) atoms. The van der Waals surface area contributed by atoms with Gasteiger partial charge in [0, 0.05) is 6.54 Å². The third-order valence-corrected chi connectivity index (χ3v) is 3.02. The quantitative estimate of drug-likeness (QED) is 0.787. The van der Waals surface area contributed by atoms with Gasteiger partial charge in [0.05, 0.1) is 12.5 Å². The Balaban J connectivity index is 1.84. The van der Waals surface area contributed by atoms with Crippen molar-refractivity contribution < 1.29 is 19.4 Å². The minimum Gasteiger partial charge on any atom is -0.508 e. The molecular weight excluding hydrogens is 273 g/mol. The van der Waals surface area contributed by atoms with Crippen LogP contribution in [0.25, 0.3) is 0 Å². The molecule has 0 radical (unpaired) electrons. The van der Waals surface area contributed by atoms with E-state index >= 15 is 0 Å². The maximum Gasteiger partial charge on any atom is 0.224 e. The number of carbonyl (C=O) groups excluding carboxylic acids is 1. The van der Waals surface area contributed by atoms with Gasteiger partial charge in [0.15, 0.2) is 0 Å². The molecule has 0 heterocycles. The summed E-state index contributed by atoms with van der Waals surface area (Å²) in [5.41, 5.74) is 1.22. The van der Waals surface area contributed by atoms with Gasteiger partial charge < -0.3 is 15.5 Å². The van der Waals surface area contributed by atoms with Crippen LogP contribution in [0.4, 0.5) is 4.39 Å². The minimum atomic E-state index is -0.890. The summed E-state index contributed by atoms with van der Waals surface area (Å²) in [4.78, 5) is 11.7. The summed E-state index contributed by atoms with van der Waals surface area (Å²) in [7, 11) is 0. The molecule has 110 valence electrons. The highest BCUT2D eigenvalue weighted by atomic mass is 19.1. The Morgan fingerprint density at radius 3 is 2.57 bits per heavy atom. The monoisotopic (exact) mass is 289 g/mol. The fourth-order valence-electron chi connectivity index (χ4n) is 1.93. The molecule has 0 saturated carbocycles. The van der Waals surface area contributed by atoms with Crippen molar-refractivity contribution in [2.75, 3.05) is 6.54 Å². The van der Waals surface area contributed by atoms with Crippen LogP contribution < -0.4 is 5.32 Å². The number of hydrogen-bond donors (Lipinski definition) is 3. The summed E-state index contributed by atoms with van der Waals surface area (Å²) in [6, 6.07) is 11.9. The lowest BCUT2D eigenvalue weighted by atomic mass is 10.1. The third kappa shape index (κ3) is 4.57. The molecule has 4 nitrogen and oxygen atoms in total. The van der Waals surface area contributed by atoms with Crippen LogP contribution in [-0.2, 0) is 11.2 Å². The lowest BCUT2D eigenvalue weighted by molar-refractivity contribution is -0.120. The lowest BCUT2D eigenvalue weighted by Crippen LogP contribution is -2.29. The maximum atomic E-state index is 12.8. The Morgan fingerprint density at radius 1 is 1.19 bits per heavy atom. The van der Waals surface area contributed by atoms with Gasteiger partial charge in [0.25, 0.3) is 0 Å². The topological polar surface area (TPSA) is 69.6 Å². The number of rotatable bonds is 5. The van der Waals surface area contributed by atoms with E-state index in [9.17, 15) is 19.4 Å². The zero-order chi connectivity index (χ0) is 15.2. The van der Waals surface area contributed by atoms with Crippen molar-refractivity contribution in [2.45, 2.75) is 12.5 Å². The first-order chi connectivity index (χ1) is 10.0. The summed E-state index contributed by atoms with van der Waals surface area (Å²) < 4.78 is 12.8. The summed E-state index contributed by atoms with van der Waals surface area (Å²) >= 11 is 0. The van der Waals surface area contributed by atoms with E-state index < -0.39 is 6.10 Å². The highest BCUT2D eigenvalue weighted by Gasteiger charge is 2.10. The van der Waals surface area contributed by atoms with Crippen LogP contribution in [0.2, 0.25) is 0 Å². The molecule has 0 bridgehead atoms. The molecule has 2 aromatic carbocycles. The summed E-state index contributed by atoms with van der Waals surface area (Å²) in [6.07, 6.45) is -0.774. The number of nitrogens with one attached hydrogen (secondary N) is 1. The smallest absolute Gasteiger partial charge is 0.224 e. The van der Waals surface area contributed by atoms with Gasteiger partial charge in [0.2, 0.25) is 5.91 Å². The second-order valence-corrected chi connectivity index (χ2v) is 4.72. The second kappa shape index (κ2) is 6.85. The van der Waals surface area contributed by atoms with Gasteiger partial charge >= 0.3 is 0 Å². The number of phenols is 1. The van der Waals surface area contributed by atoms with Gasteiger partial charge in [-0.1, -0.05) is 24.3 Å². The largest absolute Gasteiger partial charge is 0.508 e. The molecule has 0 spiro atoms. The van der Waals surface area contributed by atoms with E-state index in [0.717, 1.165) is 0 Å². The van der Waals surface area contributed by atoms with Gasteiger partial charge in [-0.05, 0) is 35.4 Å². The molecule has 5 heteroatoms. The summed E-state index contributed by atoms with van der Waals surface area (Å²) in [5, 5.41) is 21.8. The number of phenolic OH excluding ortho intramolecular Hbond substituents is 1. The van der Waals surface area contributed by atoms with Crippen molar-refractivity contribution >= 4 is 5.91 Å². The number of aliphatic hydroxyl groups excluding tert-OH is 1. The van der Waals surface area contributed by atoms with Crippen LogP contribution in [0, 0.1) is 5.82 Å². The number of aromatic hydroxyl groups is 1. The van der Waals surface area contributed by atoms with E-state index in [-0.39, 0.29) is 30.4 Å². The lowest BCUT2D eigenvalue weighted by Gasteiger charge is -2.12. The molecule has 0 aromatic heterocycles. The van der Waals surface area contributed by atoms with Gasteiger partial charge in [-0.2, -0.15) is 0 Å². The van der Waals surface area contributed by atoms with Crippen molar-refractivity contribution in [1.82, 2.24) is 5.32 Å². The third-order valence-electron chi connectivity index (χ3n) is 3.02. The highest BCUT2D eigenvalue weighted by molar-refractivity contribution is 5.78. The fourth-order valence-corrected chi connectivity index (χ4v) is 1.93.